The van der Waals surface area contributed by atoms with Crippen molar-refractivity contribution in [2.24, 2.45) is 0 Å². The van der Waals surface area contributed by atoms with Gasteiger partial charge in [-0.2, -0.15) is 0 Å². The van der Waals surface area contributed by atoms with Crippen LogP contribution in [-0.2, 0) is 0 Å². The molecule has 0 atom stereocenters. The number of ether oxygens (including phenoxy) is 1. The van der Waals surface area contributed by atoms with Gasteiger partial charge in [-0.25, -0.2) is 0 Å². The zero-order chi connectivity index (χ0) is 11.4. The van der Waals surface area contributed by atoms with E-state index in [0.29, 0.717) is 16.9 Å². The molecule has 0 heterocycles. The molecule has 0 unspecified atom stereocenters. The molecule has 0 N–H and O–H groups in total. The normalized spacial score (nSPS) is 9.81. The summed E-state index contributed by atoms with van der Waals surface area (Å²) in [4.78, 5) is 12.0. The van der Waals surface area contributed by atoms with E-state index in [4.69, 9.17) is 4.74 Å². The van der Waals surface area contributed by atoms with Gasteiger partial charge in [0, 0.05) is 11.1 Å². The van der Waals surface area contributed by atoms with Crippen molar-refractivity contribution < 1.29 is 9.53 Å². The molecule has 2 nitrogen and oxygen atoms in total. The number of ketones is 1. The molecular weight excluding hydrogens is 200 g/mol. The van der Waals surface area contributed by atoms with Crippen LogP contribution in [0.1, 0.15) is 15.9 Å². The Bertz CT molecular complexity index is 472. The Balaban J connectivity index is 2.28. The summed E-state index contributed by atoms with van der Waals surface area (Å²) in [6, 6.07) is 17.2. The zero-order valence-corrected chi connectivity index (χ0v) is 8.94. The third-order valence-electron chi connectivity index (χ3n) is 2.30. The number of methoxy groups -OCH3 is 1. The van der Waals surface area contributed by atoms with Crippen molar-refractivity contribution in [1.82, 2.24) is 0 Å². The number of hydrogen-bond acceptors (Lipinski definition) is 2. The van der Waals surface area contributed by atoms with Gasteiger partial charge in [0.1, 0.15) is 5.75 Å². The van der Waals surface area contributed by atoms with E-state index in [2.05, 4.69) is 6.07 Å². The first kappa shape index (κ1) is 10.4. The highest BCUT2D eigenvalue weighted by Crippen LogP contribution is 2.14. The summed E-state index contributed by atoms with van der Waals surface area (Å²) in [6.45, 7) is 0. The van der Waals surface area contributed by atoms with Gasteiger partial charge in [0.25, 0.3) is 0 Å². The fourth-order valence-electron chi connectivity index (χ4n) is 1.42. The van der Waals surface area contributed by atoms with Crippen molar-refractivity contribution in [1.29, 1.82) is 0 Å². The molecule has 16 heavy (non-hydrogen) atoms. The molecule has 2 aromatic carbocycles. The van der Waals surface area contributed by atoms with Crippen LogP contribution in [0.2, 0.25) is 0 Å². The van der Waals surface area contributed by atoms with Gasteiger partial charge in [-0.1, -0.05) is 30.3 Å². The number of carbonyl (C=O) groups is 1. The summed E-state index contributed by atoms with van der Waals surface area (Å²) in [5.41, 5.74) is 1.22. The molecule has 0 aliphatic carbocycles. The van der Waals surface area contributed by atoms with E-state index in [0.717, 1.165) is 0 Å². The van der Waals surface area contributed by atoms with Crippen LogP contribution in [0.5, 0.6) is 5.75 Å². The largest absolute Gasteiger partial charge is 0.497 e. The minimum absolute atomic E-state index is 0.0248. The lowest BCUT2D eigenvalue weighted by Gasteiger charge is -2.02. The predicted octanol–water partition coefficient (Wildman–Crippen LogP) is 2.73. The third-order valence-corrected chi connectivity index (χ3v) is 2.30. The van der Waals surface area contributed by atoms with Crippen molar-refractivity contribution >= 4 is 5.78 Å². The lowest BCUT2D eigenvalue weighted by Crippen LogP contribution is -2.00. The number of benzene rings is 2. The number of rotatable bonds is 3. The van der Waals surface area contributed by atoms with E-state index in [1.165, 1.54) is 0 Å². The summed E-state index contributed by atoms with van der Waals surface area (Å²) < 4.78 is 5.01. The summed E-state index contributed by atoms with van der Waals surface area (Å²) >= 11 is 0. The smallest absolute Gasteiger partial charge is 0.193 e. The second-order valence-corrected chi connectivity index (χ2v) is 3.34. The average Bonchev–Trinajstić information content (AvgIpc) is 2.39. The molecule has 0 amide bonds. The van der Waals surface area contributed by atoms with Gasteiger partial charge < -0.3 is 4.74 Å². The van der Waals surface area contributed by atoms with Crippen molar-refractivity contribution in [3.05, 3.63) is 65.7 Å². The molecule has 79 valence electrons. The van der Waals surface area contributed by atoms with E-state index in [9.17, 15) is 4.79 Å². The number of hydrogen-bond donors (Lipinski definition) is 0. The van der Waals surface area contributed by atoms with Crippen LogP contribution in [0, 0.1) is 6.07 Å². The van der Waals surface area contributed by atoms with E-state index < -0.39 is 0 Å². The molecule has 0 aromatic heterocycles. The van der Waals surface area contributed by atoms with Crippen LogP contribution in [0.15, 0.2) is 48.5 Å². The molecule has 2 heteroatoms. The van der Waals surface area contributed by atoms with Gasteiger partial charge in [0.05, 0.1) is 7.11 Å². The highest BCUT2D eigenvalue weighted by atomic mass is 16.5. The molecule has 0 fully saturated rings. The second kappa shape index (κ2) is 4.62. The molecule has 0 aliphatic heterocycles. The third kappa shape index (κ3) is 2.11. The first-order valence-electron chi connectivity index (χ1n) is 4.97. The van der Waals surface area contributed by atoms with Gasteiger partial charge in [-0.15, -0.1) is 0 Å². The number of carbonyl (C=O) groups excluding carboxylic acids is 1. The molecule has 0 aliphatic rings. The maximum atomic E-state index is 12.0. The Labute approximate surface area is 94.5 Å². The molecule has 0 saturated carbocycles. The van der Waals surface area contributed by atoms with Crippen molar-refractivity contribution in [2.75, 3.05) is 7.11 Å². The van der Waals surface area contributed by atoms with Gasteiger partial charge in [-0.05, 0) is 24.3 Å². The highest BCUT2D eigenvalue weighted by molar-refractivity contribution is 6.08. The highest BCUT2D eigenvalue weighted by Gasteiger charge is 2.08. The van der Waals surface area contributed by atoms with Gasteiger partial charge >= 0.3 is 0 Å². The quantitative estimate of drug-likeness (QED) is 0.730. The van der Waals surface area contributed by atoms with Gasteiger partial charge in [0.2, 0.25) is 0 Å². The molecule has 1 radical (unpaired) electrons. The summed E-state index contributed by atoms with van der Waals surface area (Å²) in [5.74, 6) is 0.674. The topological polar surface area (TPSA) is 26.3 Å². The van der Waals surface area contributed by atoms with E-state index in [1.807, 2.05) is 18.2 Å². The second-order valence-electron chi connectivity index (χ2n) is 3.34. The zero-order valence-electron chi connectivity index (χ0n) is 8.94. The molecule has 2 rings (SSSR count). The van der Waals surface area contributed by atoms with Crippen LogP contribution in [-0.4, -0.2) is 12.9 Å². The van der Waals surface area contributed by atoms with E-state index in [1.54, 1.807) is 37.4 Å². The fraction of sp³-hybridized carbons (Fsp3) is 0.0714. The molecule has 0 bridgehead atoms. The summed E-state index contributed by atoms with van der Waals surface area (Å²) in [5, 5.41) is 0. The average molecular weight is 211 g/mol. The maximum absolute atomic E-state index is 12.0. The van der Waals surface area contributed by atoms with Crippen LogP contribution >= 0.6 is 0 Å². The molecule has 2 aromatic rings. The predicted molar refractivity (Wildman–Crippen MR) is 61.7 cm³/mol. The Kier molecular flexibility index (Phi) is 3.01. The van der Waals surface area contributed by atoms with Crippen LogP contribution in [0.3, 0.4) is 0 Å². The van der Waals surface area contributed by atoms with E-state index >= 15 is 0 Å². The van der Waals surface area contributed by atoms with Crippen molar-refractivity contribution in [3.63, 3.8) is 0 Å². The first-order valence-corrected chi connectivity index (χ1v) is 4.97. The molecule has 0 saturated heterocycles. The SMILES string of the molecule is COc1c[c]c(C(=O)c2ccccc2)cc1. The van der Waals surface area contributed by atoms with Crippen LogP contribution in [0.4, 0.5) is 0 Å². The standard InChI is InChI=1S/C14H11O2/c1-16-13-9-7-12(8-10-13)14(15)11-5-3-2-4-6-11/h2-7,9-10H,1H3. The van der Waals surface area contributed by atoms with Gasteiger partial charge in [0.15, 0.2) is 5.78 Å². The lowest BCUT2D eigenvalue weighted by atomic mass is 10.0. The maximum Gasteiger partial charge on any atom is 0.193 e. The summed E-state index contributed by atoms with van der Waals surface area (Å²) in [6.07, 6.45) is 0. The van der Waals surface area contributed by atoms with Crippen molar-refractivity contribution in [2.45, 2.75) is 0 Å². The first-order chi connectivity index (χ1) is 7.81. The Morgan fingerprint density at radius 2 is 1.88 bits per heavy atom. The Morgan fingerprint density at radius 1 is 1.12 bits per heavy atom. The van der Waals surface area contributed by atoms with E-state index in [-0.39, 0.29) is 5.78 Å². The van der Waals surface area contributed by atoms with Crippen LogP contribution in [0.25, 0.3) is 0 Å². The summed E-state index contributed by atoms with van der Waals surface area (Å²) in [7, 11) is 1.59. The molecular formula is C14H11O2. The fourth-order valence-corrected chi connectivity index (χ4v) is 1.42. The Morgan fingerprint density at radius 3 is 2.44 bits per heavy atom. The molecule has 0 spiro atoms. The van der Waals surface area contributed by atoms with Crippen molar-refractivity contribution in [3.8, 4) is 5.75 Å². The van der Waals surface area contributed by atoms with Crippen LogP contribution < -0.4 is 4.74 Å². The minimum Gasteiger partial charge on any atom is -0.497 e. The lowest BCUT2D eigenvalue weighted by molar-refractivity contribution is 0.103. The Hall–Kier alpha value is -2.09. The van der Waals surface area contributed by atoms with Gasteiger partial charge in [-0.3, -0.25) is 4.79 Å². The minimum atomic E-state index is -0.0248. The monoisotopic (exact) mass is 211 g/mol.